The standard InChI is InChI=1S/C11H5ClF4O5/c12-5-2-6(13)4(1-7(5)21-3-8(17)18)9(19)10(20)11(14,15)16/h1-2H,3H2,(H,17,18). The monoisotopic (exact) mass is 328 g/mol. The van der Waals surface area contributed by atoms with Crippen LogP contribution in [0.4, 0.5) is 17.6 Å². The highest BCUT2D eigenvalue weighted by Gasteiger charge is 2.44. The van der Waals surface area contributed by atoms with Crippen LogP contribution in [0.1, 0.15) is 10.4 Å². The highest BCUT2D eigenvalue weighted by molar-refractivity contribution is 6.45. The van der Waals surface area contributed by atoms with Crippen LogP contribution in [0.2, 0.25) is 5.02 Å². The number of Topliss-reactive ketones (excluding diaryl/α,β-unsaturated/α-hetero) is 2. The molecule has 0 fully saturated rings. The van der Waals surface area contributed by atoms with E-state index in [4.69, 9.17) is 16.7 Å². The van der Waals surface area contributed by atoms with Crippen LogP contribution >= 0.6 is 11.6 Å². The fourth-order valence-electron chi connectivity index (χ4n) is 1.20. The summed E-state index contributed by atoms with van der Waals surface area (Å²) in [4.78, 5) is 32.4. The van der Waals surface area contributed by atoms with Crippen LogP contribution in [0, 0.1) is 5.82 Å². The van der Waals surface area contributed by atoms with E-state index in [2.05, 4.69) is 4.74 Å². The third-order valence-electron chi connectivity index (χ3n) is 2.08. The Morgan fingerprint density at radius 1 is 1.24 bits per heavy atom. The molecule has 5 nitrogen and oxygen atoms in total. The first-order chi connectivity index (χ1) is 9.54. The number of halogens is 5. The molecule has 0 amide bonds. The summed E-state index contributed by atoms with van der Waals surface area (Å²) in [6.45, 7) is -0.924. The van der Waals surface area contributed by atoms with Gasteiger partial charge in [-0.15, -0.1) is 0 Å². The molecule has 0 aliphatic carbocycles. The topological polar surface area (TPSA) is 80.7 Å². The summed E-state index contributed by atoms with van der Waals surface area (Å²) in [5, 5.41) is 7.91. The summed E-state index contributed by atoms with van der Waals surface area (Å²) in [6, 6.07) is 0.877. The molecule has 0 atom stereocenters. The molecule has 0 aliphatic heterocycles. The first-order valence-electron chi connectivity index (χ1n) is 5.03. The summed E-state index contributed by atoms with van der Waals surface area (Å²) in [5.74, 6) is -8.36. The maximum Gasteiger partial charge on any atom is 0.458 e. The van der Waals surface area contributed by atoms with Gasteiger partial charge in [-0.3, -0.25) is 9.59 Å². The smallest absolute Gasteiger partial charge is 0.458 e. The van der Waals surface area contributed by atoms with E-state index < -0.39 is 52.5 Å². The van der Waals surface area contributed by atoms with Crippen molar-refractivity contribution in [3.05, 3.63) is 28.5 Å². The number of hydrogen-bond acceptors (Lipinski definition) is 4. The molecule has 1 rings (SSSR count). The third-order valence-corrected chi connectivity index (χ3v) is 2.38. The first-order valence-corrected chi connectivity index (χ1v) is 5.41. The minimum Gasteiger partial charge on any atom is -0.480 e. The van der Waals surface area contributed by atoms with Crippen LogP contribution in [-0.4, -0.2) is 35.4 Å². The Bertz CT molecular complexity index is 611. The molecule has 0 saturated carbocycles. The second kappa shape index (κ2) is 6.08. The molecule has 1 aromatic carbocycles. The minimum absolute atomic E-state index is 0.437. The molecule has 0 spiro atoms. The first kappa shape index (κ1) is 16.9. The summed E-state index contributed by atoms with van der Waals surface area (Å²) in [7, 11) is 0. The van der Waals surface area contributed by atoms with Crippen LogP contribution in [-0.2, 0) is 9.59 Å². The van der Waals surface area contributed by atoms with Crippen molar-refractivity contribution in [2.75, 3.05) is 6.61 Å². The number of rotatable bonds is 5. The minimum atomic E-state index is -5.47. The second-order valence-electron chi connectivity index (χ2n) is 3.60. The van der Waals surface area contributed by atoms with Crippen molar-refractivity contribution >= 4 is 29.1 Å². The van der Waals surface area contributed by atoms with Gasteiger partial charge in [0.05, 0.1) is 10.6 Å². The normalized spacial score (nSPS) is 11.1. The number of ketones is 2. The predicted octanol–water partition coefficient (Wildman–Crippen LogP) is 2.26. The predicted molar refractivity (Wildman–Crippen MR) is 59.9 cm³/mol. The molecule has 0 aromatic heterocycles. The molecule has 0 bridgehead atoms. The van der Waals surface area contributed by atoms with Gasteiger partial charge in [-0.2, -0.15) is 13.2 Å². The molecule has 1 aromatic rings. The number of alkyl halides is 3. The molecule has 0 unspecified atom stereocenters. The van der Waals surface area contributed by atoms with E-state index in [1.165, 1.54) is 0 Å². The van der Waals surface area contributed by atoms with E-state index in [1.807, 2.05) is 0 Å². The van der Waals surface area contributed by atoms with Crippen molar-refractivity contribution in [3.8, 4) is 5.75 Å². The Balaban J connectivity index is 3.18. The molecule has 114 valence electrons. The highest BCUT2D eigenvalue weighted by atomic mass is 35.5. The summed E-state index contributed by atoms with van der Waals surface area (Å²) >= 11 is 5.48. The second-order valence-corrected chi connectivity index (χ2v) is 4.01. The van der Waals surface area contributed by atoms with Crippen molar-refractivity contribution < 1.29 is 41.8 Å². The Kier molecular flexibility index (Phi) is 4.89. The van der Waals surface area contributed by atoms with Gasteiger partial charge in [0.25, 0.3) is 0 Å². The van der Waals surface area contributed by atoms with Crippen LogP contribution in [0.5, 0.6) is 5.75 Å². The van der Waals surface area contributed by atoms with Gasteiger partial charge in [0, 0.05) is 0 Å². The highest BCUT2D eigenvalue weighted by Crippen LogP contribution is 2.29. The van der Waals surface area contributed by atoms with E-state index in [9.17, 15) is 31.9 Å². The average Bonchev–Trinajstić information content (AvgIpc) is 2.34. The largest absolute Gasteiger partial charge is 0.480 e. The molecule has 0 saturated heterocycles. The SMILES string of the molecule is O=C(O)COc1cc(C(=O)C(=O)C(F)(F)F)c(F)cc1Cl. The quantitative estimate of drug-likeness (QED) is 0.509. The molecule has 21 heavy (non-hydrogen) atoms. The van der Waals surface area contributed by atoms with Gasteiger partial charge in [0.2, 0.25) is 5.78 Å². The lowest BCUT2D eigenvalue weighted by Gasteiger charge is -2.09. The van der Waals surface area contributed by atoms with Crippen molar-refractivity contribution in [3.63, 3.8) is 0 Å². The number of carbonyl (C=O) groups excluding carboxylic acids is 2. The van der Waals surface area contributed by atoms with Gasteiger partial charge in [-0.1, -0.05) is 11.6 Å². The lowest BCUT2D eigenvalue weighted by atomic mass is 10.1. The third kappa shape index (κ3) is 4.15. The molecular formula is C11H5ClF4O5. The Morgan fingerprint density at radius 2 is 1.81 bits per heavy atom. The maximum atomic E-state index is 13.4. The zero-order chi connectivity index (χ0) is 16.4. The van der Waals surface area contributed by atoms with Crippen molar-refractivity contribution in [1.29, 1.82) is 0 Å². The van der Waals surface area contributed by atoms with Crippen molar-refractivity contribution in [2.24, 2.45) is 0 Å². The number of carbonyl (C=O) groups is 3. The van der Waals surface area contributed by atoms with Crippen LogP contribution in [0.25, 0.3) is 0 Å². The van der Waals surface area contributed by atoms with Crippen LogP contribution in [0.15, 0.2) is 12.1 Å². The van der Waals surface area contributed by atoms with Crippen molar-refractivity contribution in [2.45, 2.75) is 6.18 Å². The van der Waals surface area contributed by atoms with E-state index >= 15 is 0 Å². The summed E-state index contributed by atoms with van der Waals surface area (Å²) in [6.07, 6.45) is -5.47. The van der Waals surface area contributed by atoms with Gasteiger partial charge in [0.1, 0.15) is 11.6 Å². The fourth-order valence-corrected chi connectivity index (χ4v) is 1.41. The van der Waals surface area contributed by atoms with Gasteiger partial charge in [-0.25, -0.2) is 9.18 Å². The molecular weight excluding hydrogens is 324 g/mol. The van der Waals surface area contributed by atoms with E-state index in [0.29, 0.717) is 12.1 Å². The Morgan fingerprint density at radius 3 is 2.29 bits per heavy atom. The van der Waals surface area contributed by atoms with E-state index in [0.717, 1.165) is 0 Å². The molecule has 0 heterocycles. The Hall–Kier alpha value is -2.16. The number of aliphatic carboxylic acids is 1. The number of carboxylic acid groups (broad SMARTS) is 1. The molecule has 10 heteroatoms. The zero-order valence-electron chi connectivity index (χ0n) is 9.83. The number of benzene rings is 1. The van der Waals surface area contributed by atoms with Gasteiger partial charge in [0.15, 0.2) is 6.61 Å². The number of carboxylic acids is 1. The molecule has 1 N–H and O–H groups in total. The fraction of sp³-hybridized carbons (Fsp3) is 0.182. The lowest BCUT2D eigenvalue weighted by Crippen LogP contribution is -2.31. The zero-order valence-corrected chi connectivity index (χ0v) is 10.6. The van der Waals surface area contributed by atoms with Gasteiger partial charge in [-0.05, 0) is 12.1 Å². The van der Waals surface area contributed by atoms with Gasteiger partial charge < -0.3 is 9.84 Å². The molecule has 0 aliphatic rings. The number of hydrogen-bond donors (Lipinski definition) is 1. The van der Waals surface area contributed by atoms with Gasteiger partial charge >= 0.3 is 17.9 Å². The van der Waals surface area contributed by atoms with Crippen LogP contribution in [0.3, 0.4) is 0 Å². The molecule has 0 radical (unpaired) electrons. The van der Waals surface area contributed by atoms with E-state index in [1.54, 1.807) is 0 Å². The lowest BCUT2D eigenvalue weighted by molar-refractivity contribution is -0.165. The Labute approximate surface area is 119 Å². The van der Waals surface area contributed by atoms with E-state index in [-0.39, 0.29) is 0 Å². The van der Waals surface area contributed by atoms with Crippen LogP contribution < -0.4 is 4.74 Å². The van der Waals surface area contributed by atoms with Crippen molar-refractivity contribution in [1.82, 2.24) is 0 Å². The summed E-state index contributed by atoms with van der Waals surface area (Å²) in [5.41, 5.74) is -1.22. The number of ether oxygens (including phenoxy) is 1. The maximum absolute atomic E-state index is 13.4. The summed E-state index contributed by atoms with van der Waals surface area (Å²) < 4.78 is 54.4. The average molecular weight is 329 g/mol.